The summed E-state index contributed by atoms with van der Waals surface area (Å²) in [5.41, 5.74) is 4.46. The fourth-order valence-corrected chi connectivity index (χ4v) is 4.45. The lowest BCUT2D eigenvalue weighted by Gasteiger charge is -2.14. The Balaban J connectivity index is 1.64. The molecule has 4 rings (SSSR count). The molecule has 0 bridgehead atoms. The Hall–Kier alpha value is -3.04. The number of hydrogen-bond acceptors (Lipinski definition) is 3. The molecule has 11 heteroatoms. The van der Waals surface area contributed by atoms with E-state index in [2.05, 4.69) is 32.0 Å². The minimum Gasteiger partial charge on any atom is -0.321 e. The standard InChI is InChI=1S/C24H16BrCl3N4O3/c1-12-18(28)3-2-4-19(12)30-23(34)24(35)31-32-20-6-5-14(25)7-13(20)8-21(32)22(33)29-17-10-15(26)9-16(27)11-17/h2-11H,1H3,(H,29,33)(H,30,34)(H,31,35). The third-order valence-corrected chi connectivity index (χ3v) is 6.39. The van der Waals surface area contributed by atoms with Crippen molar-refractivity contribution in [3.63, 3.8) is 0 Å². The van der Waals surface area contributed by atoms with Crippen LogP contribution in [0.25, 0.3) is 10.9 Å². The summed E-state index contributed by atoms with van der Waals surface area (Å²) in [5.74, 6) is -2.46. The van der Waals surface area contributed by atoms with Crippen LogP contribution in [0.2, 0.25) is 15.1 Å². The highest BCUT2D eigenvalue weighted by atomic mass is 79.9. The molecule has 3 aromatic carbocycles. The van der Waals surface area contributed by atoms with Crippen LogP contribution >= 0.6 is 50.7 Å². The Bertz CT molecular complexity index is 1480. The first-order valence-corrected chi connectivity index (χ1v) is 12.0. The van der Waals surface area contributed by atoms with Crippen LogP contribution in [-0.2, 0) is 9.59 Å². The smallest absolute Gasteiger partial charge is 0.321 e. The van der Waals surface area contributed by atoms with Crippen molar-refractivity contribution in [3.8, 4) is 0 Å². The molecule has 0 aliphatic carbocycles. The Morgan fingerprint density at radius 2 is 1.57 bits per heavy atom. The third kappa shape index (κ3) is 5.62. The molecule has 0 saturated heterocycles. The minimum absolute atomic E-state index is 0.0780. The SMILES string of the molecule is Cc1c(Cl)cccc1NC(=O)C(=O)Nn1c(C(=O)Nc2cc(Cl)cc(Cl)c2)cc2cc(Br)ccc21. The Morgan fingerprint density at radius 3 is 2.29 bits per heavy atom. The average molecular weight is 595 g/mol. The highest BCUT2D eigenvalue weighted by Crippen LogP contribution is 2.26. The molecule has 0 saturated carbocycles. The number of hydrogen-bond donors (Lipinski definition) is 3. The molecule has 0 fully saturated rings. The van der Waals surface area contributed by atoms with E-state index < -0.39 is 17.7 Å². The molecule has 3 N–H and O–H groups in total. The van der Waals surface area contributed by atoms with Crippen LogP contribution in [0.5, 0.6) is 0 Å². The molecule has 35 heavy (non-hydrogen) atoms. The molecule has 1 aromatic heterocycles. The Labute approximate surface area is 223 Å². The van der Waals surface area contributed by atoms with Gasteiger partial charge in [-0.1, -0.05) is 56.8 Å². The summed E-state index contributed by atoms with van der Waals surface area (Å²) in [4.78, 5) is 38.6. The monoisotopic (exact) mass is 592 g/mol. The van der Waals surface area contributed by atoms with Gasteiger partial charge in [-0.3, -0.25) is 19.8 Å². The lowest BCUT2D eigenvalue weighted by molar-refractivity contribution is -0.133. The number of nitrogens with zero attached hydrogens (tertiary/aromatic N) is 1. The van der Waals surface area contributed by atoms with Gasteiger partial charge in [0, 0.05) is 36.3 Å². The van der Waals surface area contributed by atoms with Crippen LogP contribution in [-0.4, -0.2) is 22.4 Å². The molecule has 7 nitrogen and oxygen atoms in total. The average Bonchev–Trinajstić information content (AvgIpc) is 3.13. The zero-order valence-electron chi connectivity index (χ0n) is 18.0. The lowest BCUT2D eigenvalue weighted by atomic mass is 10.2. The van der Waals surface area contributed by atoms with E-state index in [0.717, 1.165) is 4.47 Å². The number of rotatable bonds is 4. The van der Waals surface area contributed by atoms with Gasteiger partial charge >= 0.3 is 11.8 Å². The first-order chi connectivity index (χ1) is 16.6. The number of halogens is 4. The number of nitrogens with one attached hydrogen (secondary N) is 3. The summed E-state index contributed by atoms with van der Waals surface area (Å²) < 4.78 is 2.02. The highest BCUT2D eigenvalue weighted by Gasteiger charge is 2.22. The van der Waals surface area contributed by atoms with Gasteiger partial charge < -0.3 is 10.6 Å². The second kappa shape index (κ2) is 10.3. The first kappa shape index (κ1) is 25.1. The van der Waals surface area contributed by atoms with Crippen LogP contribution in [0.1, 0.15) is 16.1 Å². The van der Waals surface area contributed by atoms with E-state index in [1.54, 1.807) is 49.4 Å². The summed E-state index contributed by atoms with van der Waals surface area (Å²) in [6, 6.07) is 16.4. The fraction of sp³-hybridized carbons (Fsp3) is 0.0417. The molecule has 0 aliphatic heterocycles. The maximum absolute atomic E-state index is 13.1. The van der Waals surface area contributed by atoms with Crippen LogP contribution in [0.3, 0.4) is 0 Å². The van der Waals surface area contributed by atoms with Gasteiger partial charge in [-0.05, 0) is 67.1 Å². The van der Waals surface area contributed by atoms with Gasteiger partial charge in [0.25, 0.3) is 5.91 Å². The number of aromatic nitrogens is 1. The summed E-state index contributed by atoms with van der Waals surface area (Å²) >= 11 is 21.5. The molecule has 0 unspecified atom stereocenters. The van der Waals surface area contributed by atoms with E-state index in [9.17, 15) is 14.4 Å². The predicted octanol–water partition coefficient (Wildman–Crippen LogP) is 6.63. The van der Waals surface area contributed by atoms with Gasteiger partial charge in [-0.2, -0.15) is 0 Å². The van der Waals surface area contributed by atoms with Gasteiger partial charge in [-0.15, -0.1) is 0 Å². The van der Waals surface area contributed by atoms with Crippen molar-refractivity contribution in [2.24, 2.45) is 0 Å². The fourth-order valence-electron chi connectivity index (χ4n) is 3.37. The number of anilines is 2. The summed E-state index contributed by atoms with van der Waals surface area (Å²) in [7, 11) is 0. The predicted molar refractivity (Wildman–Crippen MR) is 143 cm³/mol. The normalized spacial score (nSPS) is 10.8. The van der Waals surface area contributed by atoms with E-state index in [-0.39, 0.29) is 5.69 Å². The zero-order chi connectivity index (χ0) is 25.3. The van der Waals surface area contributed by atoms with Crippen molar-refractivity contribution < 1.29 is 14.4 Å². The third-order valence-electron chi connectivity index (χ3n) is 5.05. The maximum Gasteiger partial charge on any atom is 0.328 e. The minimum atomic E-state index is -0.982. The molecule has 0 atom stereocenters. The molecule has 4 aromatic rings. The maximum atomic E-state index is 13.1. The molecule has 1 heterocycles. The number of carbonyl (C=O) groups excluding carboxylic acids is 3. The Kier molecular flexibility index (Phi) is 7.37. The van der Waals surface area contributed by atoms with Crippen LogP contribution in [0.15, 0.2) is 65.1 Å². The summed E-state index contributed by atoms with van der Waals surface area (Å²) in [6.07, 6.45) is 0. The quantitative estimate of drug-likeness (QED) is 0.232. The summed E-state index contributed by atoms with van der Waals surface area (Å²) in [5, 5.41) is 7.03. The lowest BCUT2D eigenvalue weighted by Crippen LogP contribution is -2.36. The molecule has 178 valence electrons. The molecule has 0 spiro atoms. The molecular weight excluding hydrogens is 579 g/mol. The van der Waals surface area contributed by atoms with Crippen molar-refractivity contribution in [1.29, 1.82) is 0 Å². The highest BCUT2D eigenvalue weighted by molar-refractivity contribution is 9.10. The van der Waals surface area contributed by atoms with Crippen molar-refractivity contribution in [3.05, 3.63) is 91.5 Å². The second-order valence-electron chi connectivity index (χ2n) is 7.49. The van der Waals surface area contributed by atoms with E-state index >= 15 is 0 Å². The van der Waals surface area contributed by atoms with E-state index in [1.807, 2.05) is 0 Å². The topological polar surface area (TPSA) is 92.2 Å². The van der Waals surface area contributed by atoms with Crippen molar-refractivity contribution >= 4 is 90.7 Å². The van der Waals surface area contributed by atoms with E-state index in [4.69, 9.17) is 34.8 Å². The molecule has 0 aliphatic rings. The second-order valence-corrected chi connectivity index (χ2v) is 9.68. The largest absolute Gasteiger partial charge is 0.328 e. The molecule has 0 radical (unpaired) electrons. The van der Waals surface area contributed by atoms with E-state index in [1.165, 1.54) is 22.9 Å². The van der Waals surface area contributed by atoms with Gasteiger partial charge in [0.15, 0.2) is 0 Å². The van der Waals surface area contributed by atoms with Crippen molar-refractivity contribution in [2.75, 3.05) is 16.1 Å². The van der Waals surface area contributed by atoms with Gasteiger partial charge in [0.05, 0.1) is 5.52 Å². The van der Waals surface area contributed by atoms with Gasteiger partial charge in [0.1, 0.15) is 5.69 Å². The van der Waals surface area contributed by atoms with Crippen molar-refractivity contribution in [2.45, 2.75) is 6.92 Å². The van der Waals surface area contributed by atoms with Crippen LogP contribution in [0, 0.1) is 6.92 Å². The summed E-state index contributed by atoms with van der Waals surface area (Å²) in [6.45, 7) is 1.72. The first-order valence-electron chi connectivity index (χ1n) is 10.1. The number of amides is 3. The molecule has 3 amide bonds. The van der Waals surface area contributed by atoms with Gasteiger partial charge in [-0.25, -0.2) is 4.68 Å². The number of benzene rings is 3. The number of fused-ring (bicyclic) bond motifs is 1. The zero-order valence-corrected chi connectivity index (χ0v) is 21.8. The van der Waals surface area contributed by atoms with Crippen LogP contribution < -0.4 is 16.1 Å². The Morgan fingerprint density at radius 1 is 0.857 bits per heavy atom. The van der Waals surface area contributed by atoms with E-state index in [0.29, 0.717) is 42.9 Å². The van der Waals surface area contributed by atoms with Crippen molar-refractivity contribution in [1.82, 2.24) is 4.68 Å². The van der Waals surface area contributed by atoms with Crippen LogP contribution in [0.4, 0.5) is 11.4 Å². The van der Waals surface area contributed by atoms with Gasteiger partial charge in [0.2, 0.25) is 0 Å². The number of carbonyl (C=O) groups is 3. The molecular formula is C24H16BrCl3N4O3.